The van der Waals surface area contributed by atoms with Crippen LogP contribution < -0.4 is 5.46 Å². The van der Waals surface area contributed by atoms with Crippen molar-refractivity contribution >= 4 is 18.5 Å². The first-order chi connectivity index (χ1) is 9.23. The Bertz CT molecular complexity index is 566. The zero-order valence-electron chi connectivity index (χ0n) is 12.7. The number of benzene rings is 1. The van der Waals surface area contributed by atoms with Crippen LogP contribution in [0.3, 0.4) is 0 Å². The van der Waals surface area contributed by atoms with E-state index >= 15 is 0 Å². The summed E-state index contributed by atoms with van der Waals surface area (Å²) in [5.74, 6) is 0.0466. The molecule has 5 heteroatoms. The lowest BCUT2D eigenvalue weighted by Crippen LogP contribution is -2.41. The molecular formula is C15H20BNO3. The normalized spacial score (nSPS) is 23.4. The minimum Gasteiger partial charge on any atom is -0.399 e. The Morgan fingerprint density at radius 3 is 2.35 bits per heavy atom. The van der Waals surface area contributed by atoms with Gasteiger partial charge in [-0.25, -0.2) is 0 Å². The Kier molecular flexibility index (Phi) is 2.79. The van der Waals surface area contributed by atoms with Gasteiger partial charge in [0.25, 0.3) is 5.91 Å². The summed E-state index contributed by atoms with van der Waals surface area (Å²) in [6.45, 7) is 8.73. The van der Waals surface area contributed by atoms with Crippen LogP contribution >= 0.6 is 0 Å². The fourth-order valence-corrected chi connectivity index (χ4v) is 2.70. The molecule has 0 saturated carbocycles. The third kappa shape index (κ3) is 1.80. The fraction of sp³-hybridized carbons (Fsp3) is 0.533. The molecule has 1 aromatic carbocycles. The largest absolute Gasteiger partial charge is 0.495 e. The van der Waals surface area contributed by atoms with E-state index < -0.39 is 18.3 Å². The van der Waals surface area contributed by atoms with E-state index in [0.29, 0.717) is 6.54 Å². The zero-order chi connectivity index (χ0) is 14.7. The number of carbonyl (C=O) groups excluding carboxylic acids is 1. The van der Waals surface area contributed by atoms with Gasteiger partial charge in [0.05, 0.1) is 11.2 Å². The first-order valence-electron chi connectivity index (χ1n) is 6.96. The van der Waals surface area contributed by atoms with Crippen molar-refractivity contribution in [2.45, 2.75) is 45.4 Å². The van der Waals surface area contributed by atoms with Gasteiger partial charge in [-0.1, -0.05) is 18.2 Å². The second-order valence-corrected chi connectivity index (χ2v) is 6.63. The van der Waals surface area contributed by atoms with Gasteiger partial charge in [0, 0.05) is 19.2 Å². The second kappa shape index (κ2) is 4.09. The standard InChI is InChI=1S/C15H20BNO3/c1-14(2)15(3,4)20-16(19-14)11-8-6-7-10-9-17(5)13(18)12(10)11/h6-8H,9H2,1-5H3. The molecule has 0 unspecified atom stereocenters. The third-order valence-electron chi connectivity index (χ3n) is 4.66. The van der Waals surface area contributed by atoms with Gasteiger partial charge in [-0.3, -0.25) is 4.79 Å². The first kappa shape index (κ1) is 13.6. The highest BCUT2D eigenvalue weighted by Crippen LogP contribution is 2.37. The van der Waals surface area contributed by atoms with Crippen molar-refractivity contribution in [1.29, 1.82) is 0 Å². The Hall–Kier alpha value is -1.33. The van der Waals surface area contributed by atoms with Crippen LogP contribution in [0.4, 0.5) is 0 Å². The average Bonchev–Trinajstić information content (AvgIpc) is 2.74. The molecule has 2 heterocycles. The number of nitrogens with zero attached hydrogens (tertiary/aromatic N) is 1. The maximum atomic E-state index is 12.3. The molecule has 20 heavy (non-hydrogen) atoms. The van der Waals surface area contributed by atoms with E-state index in [4.69, 9.17) is 9.31 Å². The number of rotatable bonds is 1. The Morgan fingerprint density at radius 2 is 1.75 bits per heavy atom. The van der Waals surface area contributed by atoms with Crippen LogP contribution in [0.2, 0.25) is 0 Å². The van der Waals surface area contributed by atoms with Gasteiger partial charge >= 0.3 is 7.12 Å². The number of hydrogen-bond acceptors (Lipinski definition) is 3. The van der Waals surface area contributed by atoms with Gasteiger partial charge in [0.2, 0.25) is 0 Å². The molecule has 1 aromatic rings. The van der Waals surface area contributed by atoms with Crippen molar-refractivity contribution < 1.29 is 14.1 Å². The molecule has 3 rings (SSSR count). The van der Waals surface area contributed by atoms with Crippen molar-refractivity contribution in [2.75, 3.05) is 7.05 Å². The number of carbonyl (C=O) groups is 1. The molecule has 0 atom stereocenters. The molecule has 1 saturated heterocycles. The highest BCUT2D eigenvalue weighted by molar-refractivity contribution is 6.63. The highest BCUT2D eigenvalue weighted by atomic mass is 16.7. The van der Waals surface area contributed by atoms with Crippen molar-refractivity contribution in [1.82, 2.24) is 4.90 Å². The fourth-order valence-electron chi connectivity index (χ4n) is 2.70. The summed E-state index contributed by atoms with van der Waals surface area (Å²) >= 11 is 0. The van der Waals surface area contributed by atoms with E-state index in [2.05, 4.69) is 0 Å². The van der Waals surface area contributed by atoms with Gasteiger partial charge in [-0.2, -0.15) is 0 Å². The molecular weight excluding hydrogens is 253 g/mol. The predicted molar refractivity (Wildman–Crippen MR) is 78.0 cm³/mol. The van der Waals surface area contributed by atoms with Crippen molar-refractivity contribution in [3.05, 3.63) is 29.3 Å². The lowest BCUT2D eigenvalue weighted by molar-refractivity contribution is 0.00578. The van der Waals surface area contributed by atoms with Crippen molar-refractivity contribution in [3.63, 3.8) is 0 Å². The van der Waals surface area contributed by atoms with E-state index in [1.165, 1.54) is 0 Å². The Labute approximate surface area is 120 Å². The van der Waals surface area contributed by atoms with Gasteiger partial charge in [0.15, 0.2) is 0 Å². The lowest BCUT2D eigenvalue weighted by Gasteiger charge is -2.32. The number of hydrogen-bond donors (Lipinski definition) is 0. The maximum Gasteiger partial charge on any atom is 0.495 e. The average molecular weight is 273 g/mol. The predicted octanol–water partition coefficient (Wildman–Crippen LogP) is 1.57. The molecule has 0 aromatic heterocycles. The summed E-state index contributed by atoms with van der Waals surface area (Å²) in [6, 6.07) is 5.88. The summed E-state index contributed by atoms with van der Waals surface area (Å²) in [4.78, 5) is 14.0. The van der Waals surface area contributed by atoms with Crippen molar-refractivity contribution in [2.24, 2.45) is 0 Å². The molecule has 1 fully saturated rings. The van der Waals surface area contributed by atoms with Gasteiger partial charge in [-0.05, 0) is 38.7 Å². The Morgan fingerprint density at radius 1 is 1.15 bits per heavy atom. The molecule has 0 N–H and O–H groups in total. The summed E-state index contributed by atoms with van der Waals surface area (Å²) < 4.78 is 12.1. The monoisotopic (exact) mass is 273 g/mol. The number of fused-ring (bicyclic) bond motifs is 1. The van der Waals surface area contributed by atoms with E-state index in [1.807, 2.05) is 52.9 Å². The first-order valence-corrected chi connectivity index (χ1v) is 6.96. The van der Waals surface area contributed by atoms with Gasteiger partial charge < -0.3 is 14.2 Å². The van der Waals surface area contributed by atoms with Crippen LogP contribution in [-0.4, -0.2) is 36.2 Å². The molecule has 0 spiro atoms. The molecule has 1 amide bonds. The van der Waals surface area contributed by atoms with Crippen LogP contribution in [-0.2, 0) is 15.9 Å². The summed E-state index contributed by atoms with van der Waals surface area (Å²) in [6.07, 6.45) is 0. The molecule has 2 aliphatic rings. The zero-order valence-corrected chi connectivity index (χ0v) is 12.7. The molecule has 0 bridgehead atoms. The number of amides is 1. The van der Waals surface area contributed by atoms with Gasteiger partial charge in [0.1, 0.15) is 0 Å². The van der Waals surface area contributed by atoms with Crippen molar-refractivity contribution in [3.8, 4) is 0 Å². The quantitative estimate of drug-likeness (QED) is 0.729. The molecule has 2 aliphatic heterocycles. The van der Waals surface area contributed by atoms with E-state index in [1.54, 1.807) is 4.90 Å². The van der Waals surface area contributed by atoms with Crippen LogP contribution in [0.1, 0.15) is 43.6 Å². The Balaban J connectivity index is 2.03. The second-order valence-electron chi connectivity index (χ2n) is 6.63. The maximum absolute atomic E-state index is 12.3. The summed E-state index contributed by atoms with van der Waals surface area (Å²) in [5.41, 5.74) is 1.84. The smallest absolute Gasteiger partial charge is 0.399 e. The van der Waals surface area contributed by atoms with E-state index in [9.17, 15) is 4.79 Å². The molecule has 4 nitrogen and oxygen atoms in total. The van der Waals surface area contributed by atoms with Crippen LogP contribution in [0.5, 0.6) is 0 Å². The highest BCUT2D eigenvalue weighted by Gasteiger charge is 2.53. The molecule has 0 aliphatic carbocycles. The summed E-state index contributed by atoms with van der Waals surface area (Å²) in [5, 5.41) is 0. The molecule has 0 radical (unpaired) electrons. The minimum absolute atomic E-state index is 0.0466. The third-order valence-corrected chi connectivity index (χ3v) is 4.66. The lowest BCUT2D eigenvalue weighted by atomic mass is 9.75. The van der Waals surface area contributed by atoms with E-state index in [-0.39, 0.29) is 5.91 Å². The minimum atomic E-state index is -0.481. The van der Waals surface area contributed by atoms with Crippen LogP contribution in [0.25, 0.3) is 0 Å². The molecule has 106 valence electrons. The SMILES string of the molecule is CN1Cc2cccc(B3OC(C)(C)C(C)(C)O3)c2C1=O. The van der Waals surface area contributed by atoms with Crippen LogP contribution in [0, 0.1) is 0 Å². The van der Waals surface area contributed by atoms with Crippen LogP contribution in [0.15, 0.2) is 18.2 Å². The van der Waals surface area contributed by atoms with E-state index in [0.717, 1.165) is 16.6 Å². The van der Waals surface area contributed by atoms with Gasteiger partial charge in [-0.15, -0.1) is 0 Å². The topological polar surface area (TPSA) is 38.8 Å². The summed E-state index contributed by atoms with van der Waals surface area (Å²) in [7, 11) is 1.33.